The summed E-state index contributed by atoms with van der Waals surface area (Å²) in [5.41, 5.74) is 1.01. The number of amides is 2. The van der Waals surface area contributed by atoms with E-state index in [4.69, 9.17) is 4.74 Å². The molecule has 2 aromatic rings. The van der Waals surface area contributed by atoms with Crippen molar-refractivity contribution in [2.75, 3.05) is 26.8 Å². The largest absolute Gasteiger partial charge is 0.383 e. The Morgan fingerprint density at radius 3 is 2.85 bits per heavy atom. The van der Waals surface area contributed by atoms with Crippen LogP contribution in [0.15, 0.2) is 48.5 Å². The summed E-state index contributed by atoms with van der Waals surface area (Å²) >= 11 is 1.46. The van der Waals surface area contributed by atoms with Gasteiger partial charge < -0.3 is 15.0 Å². The quantitative estimate of drug-likeness (QED) is 0.587. The first-order valence-corrected chi connectivity index (χ1v) is 9.91. The average Bonchev–Trinajstić information content (AvgIpc) is 3.36. The van der Waals surface area contributed by atoms with Crippen molar-refractivity contribution in [3.8, 4) is 0 Å². The summed E-state index contributed by atoms with van der Waals surface area (Å²) in [7, 11) is 1.60. The molecule has 1 aromatic heterocycles. The summed E-state index contributed by atoms with van der Waals surface area (Å²) in [5.74, 6) is -0.0796. The van der Waals surface area contributed by atoms with Gasteiger partial charge in [-0.25, -0.2) is 0 Å². The molecular weight excluding hydrogens is 360 g/mol. The lowest BCUT2D eigenvalue weighted by Gasteiger charge is -2.22. The van der Waals surface area contributed by atoms with Crippen LogP contribution in [-0.2, 0) is 9.53 Å². The predicted molar refractivity (Wildman–Crippen MR) is 108 cm³/mol. The minimum Gasteiger partial charge on any atom is -0.383 e. The molecular formula is C21H24N2O3S. The van der Waals surface area contributed by atoms with Crippen molar-refractivity contribution in [2.45, 2.75) is 18.9 Å². The van der Waals surface area contributed by atoms with E-state index in [1.165, 1.54) is 11.3 Å². The average molecular weight is 385 g/mol. The minimum atomic E-state index is -0.0943. The van der Waals surface area contributed by atoms with Crippen molar-refractivity contribution >= 4 is 29.2 Å². The van der Waals surface area contributed by atoms with Crippen molar-refractivity contribution in [2.24, 2.45) is 0 Å². The predicted octanol–water partition coefficient (Wildman–Crippen LogP) is 3.50. The fourth-order valence-electron chi connectivity index (χ4n) is 3.16. The first-order valence-electron chi connectivity index (χ1n) is 9.09. The molecule has 0 spiro atoms. The topological polar surface area (TPSA) is 58.6 Å². The molecule has 5 nitrogen and oxygen atoms in total. The first-order chi connectivity index (χ1) is 13.2. The second kappa shape index (κ2) is 9.48. The van der Waals surface area contributed by atoms with Gasteiger partial charge in [-0.3, -0.25) is 9.59 Å². The molecule has 1 N–H and O–H groups in total. The number of hydrogen-bond acceptors (Lipinski definition) is 4. The monoisotopic (exact) mass is 384 g/mol. The third kappa shape index (κ3) is 5.05. The van der Waals surface area contributed by atoms with E-state index in [0.717, 1.165) is 29.8 Å². The Hall–Kier alpha value is -2.44. The minimum absolute atomic E-state index is 0.0147. The highest BCUT2D eigenvalue weighted by Gasteiger charge is 2.30. The van der Waals surface area contributed by atoms with Crippen molar-refractivity contribution in [3.05, 3.63) is 63.9 Å². The number of carbonyl (C=O) groups is 2. The van der Waals surface area contributed by atoms with Crippen LogP contribution >= 0.6 is 11.3 Å². The molecule has 1 atom stereocenters. The molecule has 1 fully saturated rings. The van der Waals surface area contributed by atoms with E-state index in [1.54, 1.807) is 13.2 Å². The van der Waals surface area contributed by atoms with Crippen LogP contribution in [0.4, 0.5) is 0 Å². The Balaban J connectivity index is 1.65. The van der Waals surface area contributed by atoms with E-state index in [0.29, 0.717) is 18.0 Å². The first kappa shape index (κ1) is 19.3. The Labute approximate surface area is 163 Å². The van der Waals surface area contributed by atoms with Crippen molar-refractivity contribution < 1.29 is 14.3 Å². The van der Waals surface area contributed by atoms with Crippen molar-refractivity contribution in [3.63, 3.8) is 0 Å². The molecule has 142 valence electrons. The van der Waals surface area contributed by atoms with Crippen molar-refractivity contribution in [1.29, 1.82) is 0 Å². The highest BCUT2D eigenvalue weighted by Crippen LogP contribution is 2.36. The summed E-state index contributed by atoms with van der Waals surface area (Å²) < 4.78 is 4.95. The summed E-state index contributed by atoms with van der Waals surface area (Å²) in [6.07, 6.45) is 5.39. The number of thiophene rings is 1. The second-order valence-corrected chi connectivity index (χ2v) is 7.50. The number of nitrogens with zero attached hydrogens (tertiary/aromatic N) is 1. The number of hydrogen-bond donors (Lipinski definition) is 1. The molecule has 27 heavy (non-hydrogen) atoms. The molecule has 1 saturated heterocycles. The van der Waals surface area contributed by atoms with Crippen LogP contribution < -0.4 is 5.32 Å². The van der Waals surface area contributed by atoms with Gasteiger partial charge in [-0.15, -0.1) is 11.3 Å². The highest BCUT2D eigenvalue weighted by atomic mass is 32.1. The van der Waals surface area contributed by atoms with Gasteiger partial charge in [0.25, 0.3) is 5.91 Å². The van der Waals surface area contributed by atoms with Gasteiger partial charge in [-0.2, -0.15) is 0 Å². The van der Waals surface area contributed by atoms with Crippen LogP contribution in [0.5, 0.6) is 0 Å². The van der Waals surface area contributed by atoms with E-state index < -0.39 is 0 Å². The van der Waals surface area contributed by atoms with Crippen LogP contribution in [-0.4, -0.2) is 43.5 Å². The van der Waals surface area contributed by atoms with Gasteiger partial charge in [-0.1, -0.05) is 30.3 Å². The molecule has 1 aliphatic heterocycles. The summed E-state index contributed by atoms with van der Waals surface area (Å²) in [5, 5.41) is 2.83. The number of methoxy groups -OCH3 is 1. The zero-order valence-electron chi connectivity index (χ0n) is 15.4. The Bertz CT molecular complexity index is 801. The van der Waals surface area contributed by atoms with Gasteiger partial charge >= 0.3 is 0 Å². The van der Waals surface area contributed by atoms with Gasteiger partial charge in [0, 0.05) is 31.2 Å². The number of ether oxygens (including phenoxy) is 1. The number of nitrogens with one attached hydrogen (secondary N) is 1. The zero-order valence-corrected chi connectivity index (χ0v) is 16.2. The molecule has 0 radical (unpaired) electrons. The standard InChI is InChI=1S/C21H24N2O3S/c1-26-15-13-22-21(25)19-11-10-18(27-19)17-8-5-14-23(17)20(24)12-9-16-6-3-2-4-7-16/h2-4,6-7,9-12,17H,5,8,13-15H2,1H3,(H,22,25)/b12-9+. The van der Waals surface area contributed by atoms with Gasteiger partial charge in [0.2, 0.25) is 5.91 Å². The number of carbonyl (C=O) groups excluding carboxylic acids is 2. The normalized spacial score (nSPS) is 16.8. The molecule has 0 bridgehead atoms. The van der Waals surface area contributed by atoms with Gasteiger partial charge in [-0.05, 0) is 36.6 Å². The lowest BCUT2D eigenvalue weighted by atomic mass is 10.1. The second-order valence-electron chi connectivity index (χ2n) is 6.38. The highest BCUT2D eigenvalue weighted by molar-refractivity contribution is 7.14. The molecule has 1 unspecified atom stereocenters. The van der Waals surface area contributed by atoms with E-state index in [1.807, 2.05) is 53.4 Å². The molecule has 0 aliphatic carbocycles. The molecule has 1 aromatic carbocycles. The molecule has 0 saturated carbocycles. The fraction of sp³-hybridized carbons (Fsp3) is 0.333. The zero-order chi connectivity index (χ0) is 19.1. The maximum absolute atomic E-state index is 12.7. The SMILES string of the molecule is COCCNC(=O)c1ccc(C2CCCN2C(=O)/C=C/c2ccccc2)s1. The maximum atomic E-state index is 12.7. The van der Waals surface area contributed by atoms with Crippen LogP contribution in [0.1, 0.15) is 39.0 Å². The van der Waals surface area contributed by atoms with Crippen LogP contribution in [0.3, 0.4) is 0 Å². The van der Waals surface area contributed by atoms with Crippen LogP contribution in [0, 0.1) is 0 Å². The van der Waals surface area contributed by atoms with E-state index in [9.17, 15) is 9.59 Å². The van der Waals surface area contributed by atoms with Crippen molar-refractivity contribution in [1.82, 2.24) is 10.2 Å². The molecule has 2 amide bonds. The lowest BCUT2D eigenvalue weighted by Crippen LogP contribution is -2.28. The Kier molecular flexibility index (Phi) is 6.79. The molecule has 3 rings (SSSR count). The molecule has 1 aliphatic rings. The number of likely N-dealkylation sites (tertiary alicyclic amines) is 1. The number of rotatable bonds is 7. The third-order valence-electron chi connectivity index (χ3n) is 4.52. The summed E-state index contributed by atoms with van der Waals surface area (Å²) in [6, 6.07) is 13.6. The third-order valence-corrected chi connectivity index (χ3v) is 5.71. The van der Waals surface area contributed by atoms with E-state index in [2.05, 4.69) is 5.32 Å². The van der Waals surface area contributed by atoms with Gasteiger partial charge in [0.05, 0.1) is 17.5 Å². The van der Waals surface area contributed by atoms with Crippen LogP contribution in [0.25, 0.3) is 6.08 Å². The molecule has 6 heteroatoms. The van der Waals surface area contributed by atoms with E-state index >= 15 is 0 Å². The number of benzene rings is 1. The van der Waals surface area contributed by atoms with Gasteiger partial charge in [0.1, 0.15) is 0 Å². The van der Waals surface area contributed by atoms with E-state index in [-0.39, 0.29) is 17.9 Å². The molecule has 2 heterocycles. The fourth-order valence-corrected chi connectivity index (χ4v) is 4.23. The smallest absolute Gasteiger partial charge is 0.261 e. The van der Waals surface area contributed by atoms with Crippen LogP contribution in [0.2, 0.25) is 0 Å². The Morgan fingerprint density at radius 1 is 1.26 bits per heavy atom. The lowest BCUT2D eigenvalue weighted by molar-refractivity contribution is -0.126. The Morgan fingerprint density at radius 2 is 2.07 bits per heavy atom. The maximum Gasteiger partial charge on any atom is 0.261 e. The summed E-state index contributed by atoms with van der Waals surface area (Å²) in [4.78, 5) is 28.5. The van der Waals surface area contributed by atoms with Gasteiger partial charge in [0.15, 0.2) is 0 Å². The summed E-state index contributed by atoms with van der Waals surface area (Å²) in [6.45, 7) is 1.72.